The molecule has 1 aromatic rings. The standard InChI is InChI=1S/C18H30N2/c1-5-20(14-15-9-7-6-8-10-15)17-12-11-16(17)13-19-18(2,3)4/h6-10,16-17,19H,5,11-14H2,1-4H3. The first-order valence-electron chi connectivity index (χ1n) is 8.02. The molecule has 1 aliphatic rings. The van der Waals surface area contributed by atoms with Crippen LogP contribution in [0.15, 0.2) is 30.3 Å². The summed E-state index contributed by atoms with van der Waals surface area (Å²) < 4.78 is 0. The summed E-state index contributed by atoms with van der Waals surface area (Å²) in [5.41, 5.74) is 1.67. The Morgan fingerprint density at radius 1 is 1.15 bits per heavy atom. The summed E-state index contributed by atoms with van der Waals surface area (Å²) in [6, 6.07) is 11.6. The Morgan fingerprint density at radius 2 is 1.85 bits per heavy atom. The van der Waals surface area contributed by atoms with Crippen LogP contribution in [0.2, 0.25) is 0 Å². The lowest BCUT2D eigenvalue weighted by atomic mass is 9.78. The molecule has 0 radical (unpaired) electrons. The topological polar surface area (TPSA) is 15.3 Å². The Labute approximate surface area is 124 Å². The van der Waals surface area contributed by atoms with Gasteiger partial charge in [0, 0.05) is 18.1 Å². The van der Waals surface area contributed by atoms with Crippen molar-refractivity contribution >= 4 is 0 Å². The van der Waals surface area contributed by atoms with Gasteiger partial charge in [-0.25, -0.2) is 0 Å². The summed E-state index contributed by atoms with van der Waals surface area (Å²) in [5, 5.41) is 3.67. The molecule has 20 heavy (non-hydrogen) atoms. The summed E-state index contributed by atoms with van der Waals surface area (Å²) >= 11 is 0. The Bertz CT molecular complexity index is 394. The van der Waals surface area contributed by atoms with Gasteiger partial charge in [-0.05, 0) is 58.2 Å². The van der Waals surface area contributed by atoms with Crippen LogP contribution in [0.1, 0.15) is 46.1 Å². The predicted molar refractivity (Wildman–Crippen MR) is 86.8 cm³/mol. The first-order chi connectivity index (χ1) is 9.49. The number of hydrogen-bond donors (Lipinski definition) is 1. The van der Waals surface area contributed by atoms with E-state index >= 15 is 0 Å². The SMILES string of the molecule is CCN(Cc1ccccc1)C1CCC1CNC(C)(C)C. The van der Waals surface area contributed by atoms with Gasteiger partial charge in [-0.3, -0.25) is 4.90 Å². The van der Waals surface area contributed by atoms with Gasteiger partial charge in [0.15, 0.2) is 0 Å². The van der Waals surface area contributed by atoms with E-state index in [9.17, 15) is 0 Å². The van der Waals surface area contributed by atoms with Crippen LogP contribution in [-0.2, 0) is 6.54 Å². The number of nitrogens with one attached hydrogen (secondary N) is 1. The molecule has 2 unspecified atom stereocenters. The fraction of sp³-hybridized carbons (Fsp3) is 0.667. The molecular weight excluding hydrogens is 244 g/mol. The van der Waals surface area contributed by atoms with Gasteiger partial charge < -0.3 is 5.32 Å². The van der Waals surface area contributed by atoms with E-state index in [1.54, 1.807) is 0 Å². The molecule has 0 aliphatic heterocycles. The van der Waals surface area contributed by atoms with E-state index in [4.69, 9.17) is 0 Å². The zero-order valence-electron chi connectivity index (χ0n) is 13.5. The van der Waals surface area contributed by atoms with E-state index in [0.29, 0.717) is 0 Å². The summed E-state index contributed by atoms with van der Waals surface area (Å²) in [6.45, 7) is 12.4. The molecule has 1 aromatic carbocycles. The zero-order valence-corrected chi connectivity index (χ0v) is 13.5. The van der Waals surface area contributed by atoms with Gasteiger partial charge in [-0.15, -0.1) is 0 Å². The van der Waals surface area contributed by atoms with E-state index in [1.807, 2.05) is 0 Å². The van der Waals surface area contributed by atoms with Crippen molar-refractivity contribution in [3.05, 3.63) is 35.9 Å². The fourth-order valence-electron chi connectivity index (χ4n) is 2.99. The van der Waals surface area contributed by atoms with Crippen LogP contribution < -0.4 is 5.32 Å². The van der Waals surface area contributed by atoms with Crippen molar-refractivity contribution in [3.63, 3.8) is 0 Å². The molecule has 1 N–H and O–H groups in total. The van der Waals surface area contributed by atoms with Crippen LogP contribution in [0.3, 0.4) is 0 Å². The number of benzene rings is 1. The fourth-order valence-corrected chi connectivity index (χ4v) is 2.99. The second kappa shape index (κ2) is 6.73. The van der Waals surface area contributed by atoms with Gasteiger partial charge in [0.05, 0.1) is 0 Å². The first kappa shape index (κ1) is 15.5. The Balaban J connectivity index is 1.88. The quantitative estimate of drug-likeness (QED) is 0.851. The highest BCUT2D eigenvalue weighted by Gasteiger charge is 2.35. The molecular formula is C18H30N2. The van der Waals surface area contributed by atoms with Crippen molar-refractivity contribution in [2.45, 2.75) is 58.7 Å². The van der Waals surface area contributed by atoms with Crippen LogP contribution in [-0.4, -0.2) is 29.6 Å². The molecule has 2 heteroatoms. The number of nitrogens with zero attached hydrogens (tertiary/aromatic N) is 1. The maximum atomic E-state index is 3.67. The minimum Gasteiger partial charge on any atom is -0.312 e. The van der Waals surface area contributed by atoms with Gasteiger partial charge in [0.1, 0.15) is 0 Å². The molecule has 2 nitrogen and oxygen atoms in total. The van der Waals surface area contributed by atoms with Crippen molar-refractivity contribution in [3.8, 4) is 0 Å². The van der Waals surface area contributed by atoms with Crippen molar-refractivity contribution in [1.29, 1.82) is 0 Å². The summed E-state index contributed by atoms with van der Waals surface area (Å²) in [7, 11) is 0. The van der Waals surface area contributed by atoms with E-state index < -0.39 is 0 Å². The normalized spacial score (nSPS) is 22.9. The average Bonchev–Trinajstić information content (AvgIpc) is 2.36. The molecule has 112 valence electrons. The molecule has 0 bridgehead atoms. The molecule has 1 saturated carbocycles. The molecule has 0 heterocycles. The van der Waals surface area contributed by atoms with Crippen molar-refractivity contribution in [2.75, 3.05) is 13.1 Å². The van der Waals surface area contributed by atoms with Gasteiger partial charge in [-0.1, -0.05) is 37.3 Å². The molecule has 2 atom stereocenters. The van der Waals surface area contributed by atoms with E-state index in [0.717, 1.165) is 31.6 Å². The van der Waals surface area contributed by atoms with Gasteiger partial charge in [0.2, 0.25) is 0 Å². The van der Waals surface area contributed by atoms with Crippen molar-refractivity contribution in [2.24, 2.45) is 5.92 Å². The third-order valence-corrected chi connectivity index (χ3v) is 4.38. The maximum Gasteiger partial charge on any atom is 0.0236 e. The maximum absolute atomic E-state index is 3.67. The first-order valence-corrected chi connectivity index (χ1v) is 8.02. The van der Waals surface area contributed by atoms with Crippen LogP contribution in [0.25, 0.3) is 0 Å². The van der Waals surface area contributed by atoms with Gasteiger partial charge in [0.25, 0.3) is 0 Å². The molecule has 0 spiro atoms. The van der Waals surface area contributed by atoms with E-state index in [1.165, 1.54) is 18.4 Å². The second-order valence-corrected chi connectivity index (χ2v) is 7.08. The van der Waals surface area contributed by atoms with Crippen LogP contribution in [0.5, 0.6) is 0 Å². The minimum atomic E-state index is 0.233. The van der Waals surface area contributed by atoms with Crippen LogP contribution in [0.4, 0.5) is 0 Å². The zero-order chi connectivity index (χ0) is 14.6. The Kier molecular flexibility index (Phi) is 5.22. The Morgan fingerprint density at radius 3 is 2.35 bits per heavy atom. The van der Waals surface area contributed by atoms with Crippen molar-refractivity contribution < 1.29 is 0 Å². The Hall–Kier alpha value is -0.860. The molecule has 1 aliphatic carbocycles. The predicted octanol–water partition coefficient (Wildman–Crippen LogP) is 3.68. The lowest BCUT2D eigenvalue weighted by Gasteiger charge is -2.45. The van der Waals surface area contributed by atoms with E-state index in [-0.39, 0.29) is 5.54 Å². The summed E-state index contributed by atoms with van der Waals surface area (Å²) in [5.74, 6) is 0.817. The largest absolute Gasteiger partial charge is 0.312 e. The van der Waals surface area contributed by atoms with Crippen molar-refractivity contribution in [1.82, 2.24) is 10.2 Å². The van der Waals surface area contributed by atoms with E-state index in [2.05, 4.69) is 68.2 Å². The third kappa shape index (κ3) is 4.32. The second-order valence-electron chi connectivity index (χ2n) is 7.08. The molecule has 1 fully saturated rings. The average molecular weight is 274 g/mol. The lowest BCUT2D eigenvalue weighted by Crippen LogP contribution is -2.52. The highest BCUT2D eigenvalue weighted by Crippen LogP contribution is 2.32. The number of hydrogen-bond acceptors (Lipinski definition) is 2. The molecule has 0 amide bonds. The van der Waals surface area contributed by atoms with Crippen LogP contribution >= 0.6 is 0 Å². The molecule has 0 saturated heterocycles. The number of rotatable bonds is 6. The molecule has 2 rings (SSSR count). The minimum absolute atomic E-state index is 0.233. The summed E-state index contributed by atoms with van der Waals surface area (Å²) in [4.78, 5) is 2.65. The smallest absolute Gasteiger partial charge is 0.0236 e. The highest BCUT2D eigenvalue weighted by molar-refractivity contribution is 5.14. The van der Waals surface area contributed by atoms with Crippen LogP contribution in [0, 0.1) is 5.92 Å². The highest BCUT2D eigenvalue weighted by atomic mass is 15.2. The molecule has 0 aromatic heterocycles. The van der Waals surface area contributed by atoms with Gasteiger partial charge in [-0.2, -0.15) is 0 Å². The van der Waals surface area contributed by atoms with Gasteiger partial charge >= 0.3 is 0 Å². The monoisotopic (exact) mass is 274 g/mol. The lowest BCUT2D eigenvalue weighted by molar-refractivity contribution is 0.0563. The summed E-state index contributed by atoms with van der Waals surface area (Å²) in [6.07, 6.45) is 2.73. The third-order valence-electron chi connectivity index (χ3n) is 4.38.